The van der Waals surface area contributed by atoms with Crippen LogP contribution in [0.1, 0.15) is 25.8 Å². The fourth-order valence-corrected chi connectivity index (χ4v) is 2.68. The number of aliphatic imine (C=N–C) groups is 2. The summed E-state index contributed by atoms with van der Waals surface area (Å²) < 4.78 is 0. The van der Waals surface area contributed by atoms with Crippen LogP contribution >= 0.6 is 0 Å². The lowest BCUT2D eigenvalue weighted by atomic mass is 9.75. The van der Waals surface area contributed by atoms with Gasteiger partial charge in [-0.05, 0) is 17.9 Å². The Morgan fingerprint density at radius 3 is 2.29 bits per heavy atom. The Morgan fingerprint density at radius 1 is 1.14 bits per heavy atom. The third kappa shape index (κ3) is 8.02. The first-order chi connectivity index (χ1) is 13.3. The molecule has 0 aromatic heterocycles. The summed E-state index contributed by atoms with van der Waals surface area (Å²) in [6.07, 6.45) is 1.94. The van der Waals surface area contributed by atoms with Gasteiger partial charge in [0.2, 0.25) is 5.91 Å². The van der Waals surface area contributed by atoms with Crippen LogP contribution in [0.4, 0.5) is 0 Å². The van der Waals surface area contributed by atoms with Gasteiger partial charge in [-0.15, -0.1) is 0 Å². The van der Waals surface area contributed by atoms with Gasteiger partial charge in [-0.3, -0.25) is 19.6 Å². The van der Waals surface area contributed by atoms with Crippen LogP contribution in [0.3, 0.4) is 0 Å². The Kier molecular flexibility index (Phi) is 10.1. The first kappa shape index (κ1) is 23.5. The highest BCUT2D eigenvalue weighted by Crippen LogP contribution is 2.08. The zero-order chi connectivity index (χ0) is 21.1. The predicted octanol–water partition coefficient (Wildman–Crippen LogP) is 0.0282. The molecule has 0 heterocycles. The van der Waals surface area contributed by atoms with E-state index in [2.05, 4.69) is 20.6 Å². The van der Waals surface area contributed by atoms with Gasteiger partial charge in [-0.2, -0.15) is 0 Å². The van der Waals surface area contributed by atoms with Crippen LogP contribution in [0.25, 0.3) is 0 Å². The largest absolute Gasteiger partial charge is 0.475 e. The average Bonchev–Trinajstić information content (AvgIpc) is 2.65. The molecule has 8 nitrogen and oxygen atoms in total. The normalized spacial score (nSPS) is 14.0. The molecular weight excluding hydrogens is 359 g/mol. The van der Waals surface area contributed by atoms with Gasteiger partial charge in [0.1, 0.15) is 11.8 Å². The maximum absolute atomic E-state index is 12.8. The minimum absolute atomic E-state index is 0.0919. The molecule has 1 rings (SSSR count). The summed E-state index contributed by atoms with van der Waals surface area (Å²) in [7, 11) is 1.29. The van der Waals surface area contributed by atoms with E-state index >= 15 is 0 Å². The molecule has 0 unspecified atom stereocenters. The Bertz CT molecular complexity index is 692. The van der Waals surface area contributed by atoms with Crippen LogP contribution in [-0.2, 0) is 16.0 Å². The number of nitrogens with zero attached hydrogens (tertiary/aromatic N) is 2. The fraction of sp³-hybridized carbons (Fsp3) is 0.474. The summed E-state index contributed by atoms with van der Waals surface area (Å²) in [5.74, 6) is -1.72. The number of hydrogen-bond donors (Lipinski definition) is 4. The molecule has 0 saturated heterocycles. The predicted molar refractivity (Wildman–Crippen MR) is 111 cm³/mol. The minimum atomic E-state index is -1.69. The summed E-state index contributed by atoms with van der Waals surface area (Å²) >= 11 is 0. The van der Waals surface area contributed by atoms with Crippen molar-refractivity contribution in [2.75, 3.05) is 14.1 Å². The topological polar surface area (TPSA) is 123 Å². The van der Waals surface area contributed by atoms with E-state index in [0.29, 0.717) is 6.42 Å². The highest BCUT2D eigenvalue weighted by molar-refractivity contribution is 6.60. The third-order valence-corrected chi connectivity index (χ3v) is 4.04. The second-order valence-corrected chi connectivity index (χ2v) is 6.87. The van der Waals surface area contributed by atoms with E-state index in [4.69, 9.17) is 0 Å². The number of hydrogen-bond acceptors (Lipinski definition) is 6. The van der Waals surface area contributed by atoms with Gasteiger partial charge in [0, 0.05) is 20.5 Å². The molecule has 2 atom stereocenters. The summed E-state index contributed by atoms with van der Waals surface area (Å²) in [6, 6.07) is 8.33. The summed E-state index contributed by atoms with van der Waals surface area (Å²) in [4.78, 5) is 32.9. The molecular formula is C19H29BN4O4. The van der Waals surface area contributed by atoms with Crippen LogP contribution < -0.4 is 10.6 Å². The summed E-state index contributed by atoms with van der Waals surface area (Å²) in [6.45, 7) is 3.83. The van der Waals surface area contributed by atoms with E-state index in [1.165, 1.54) is 20.3 Å². The lowest BCUT2D eigenvalue weighted by Crippen LogP contribution is -2.55. The van der Waals surface area contributed by atoms with Crippen molar-refractivity contribution in [1.82, 2.24) is 10.6 Å². The summed E-state index contributed by atoms with van der Waals surface area (Å²) in [5.41, 5.74) is 0.946. The molecule has 0 radical (unpaired) electrons. The molecule has 152 valence electrons. The molecule has 4 N–H and O–H groups in total. The first-order valence-electron chi connectivity index (χ1n) is 9.18. The van der Waals surface area contributed by atoms with E-state index in [-0.39, 0.29) is 18.1 Å². The number of carbonyl (C=O) groups excluding carboxylic acids is 2. The van der Waals surface area contributed by atoms with Crippen LogP contribution in [-0.4, -0.2) is 67.0 Å². The Morgan fingerprint density at radius 2 is 1.79 bits per heavy atom. The fourth-order valence-electron chi connectivity index (χ4n) is 2.68. The van der Waals surface area contributed by atoms with Crippen molar-refractivity contribution in [2.45, 2.75) is 38.7 Å². The van der Waals surface area contributed by atoms with Crippen molar-refractivity contribution >= 4 is 30.9 Å². The molecule has 0 saturated carbocycles. The van der Waals surface area contributed by atoms with Crippen LogP contribution in [0.5, 0.6) is 0 Å². The molecule has 0 aliphatic carbocycles. The second-order valence-electron chi connectivity index (χ2n) is 6.87. The average molecular weight is 388 g/mol. The number of carbonyl (C=O) groups is 2. The molecule has 1 aromatic rings. The molecule has 0 aliphatic heterocycles. The summed E-state index contributed by atoms with van der Waals surface area (Å²) in [5, 5.41) is 24.5. The van der Waals surface area contributed by atoms with E-state index < -0.39 is 30.9 Å². The van der Waals surface area contributed by atoms with Crippen LogP contribution in [0.15, 0.2) is 40.3 Å². The smallest absolute Gasteiger partial charge is 0.426 e. The standard InChI is InChI=1S/C19H29BN4O4/c1-13(2)10-17(20(27)28)24-18(25)15(11-14-8-6-5-7-9-14)23-19(26)16(22-4)12-21-3/h5-9,12-13,15,17,27-28H,10-11H2,1-4H3,(H,23,26)(H,24,25)/b21-12-,22-16+/t15-,17-/m0/s1. The lowest BCUT2D eigenvalue weighted by molar-refractivity contribution is -0.126. The van der Waals surface area contributed by atoms with E-state index in [9.17, 15) is 19.6 Å². The molecule has 1 aromatic carbocycles. The van der Waals surface area contributed by atoms with Gasteiger partial charge < -0.3 is 20.7 Å². The molecule has 0 fully saturated rings. The zero-order valence-electron chi connectivity index (χ0n) is 16.8. The van der Waals surface area contributed by atoms with Crippen molar-refractivity contribution in [1.29, 1.82) is 0 Å². The van der Waals surface area contributed by atoms with E-state index in [1.807, 2.05) is 44.2 Å². The Hall–Kier alpha value is -2.52. The monoisotopic (exact) mass is 388 g/mol. The van der Waals surface area contributed by atoms with Crippen molar-refractivity contribution in [3.05, 3.63) is 35.9 Å². The number of nitrogens with one attached hydrogen (secondary N) is 2. The number of benzene rings is 1. The molecule has 0 spiro atoms. The maximum Gasteiger partial charge on any atom is 0.475 e. The first-order valence-corrected chi connectivity index (χ1v) is 9.18. The lowest BCUT2D eigenvalue weighted by Gasteiger charge is -2.24. The molecule has 0 aliphatic rings. The van der Waals surface area contributed by atoms with Gasteiger partial charge in [0.05, 0.1) is 12.2 Å². The van der Waals surface area contributed by atoms with E-state index in [1.54, 1.807) is 0 Å². The van der Waals surface area contributed by atoms with Gasteiger partial charge in [0.25, 0.3) is 5.91 Å². The Labute approximate surface area is 166 Å². The van der Waals surface area contributed by atoms with Crippen LogP contribution in [0, 0.1) is 5.92 Å². The molecule has 0 bridgehead atoms. The maximum atomic E-state index is 12.8. The Balaban J connectivity index is 3.01. The highest BCUT2D eigenvalue weighted by Gasteiger charge is 2.30. The van der Waals surface area contributed by atoms with Crippen molar-refractivity contribution in [3.8, 4) is 0 Å². The second kappa shape index (κ2) is 12.0. The van der Waals surface area contributed by atoms with E-state index in [0.717, 1.165) is 5.56 Å². The van der Waals surface area contributed by atoms with Gasteiger partial charge in [-0.1, -0.05) is 44.2 Å². The third-order valence-electron chi connectivity index (χ3n) is 4.04. The van der Waals surface area contributed by atoms with Crippen LogP contribution in [0.2, 0.25) is 0 Å². The number of amides is 2. The van der Waals surface area contributed by atoms with Gasteiger partial charge >= 0.3 is 7.12 Å². The number of rotatable bonds is 10. The van der Waals surface area contributed by atoms with Crippen molar-refractivity contribution < 1.29 is 19.6 Å². The SMILES string of the molecule is C/N=C\C(=N/C)C(=O)N[C@@H](Cc1ccccc1)C(=O)N[C@@H](CC(C)C)B(O)O. The van der Waals surface area contributed by atoms with Gasteiger partial charge in [-0.25, -0.2) is 0 Å². The molecule has 2 amide bonds. The van der Waals surface area contributed by atoms with Crippen molar-refractivity contribution in [3.63, 3.8) is 0 Å². The quantitative estimate of drug-likeness (QED) is 0.334. The van der Waals surface area contributed by atoms with Gasteiger partial charge in [0.15, 0.2) is 0 Å². The van der Waals surface area contributed by atoms with Crippen molar-refractivity contribution in [2.24, 2.45) is 15.9 Å². The minimum Gasteiger partial charge on any atom is -0.426 e. The zero-order valence-corrected chi connectivity index (χ0v) is 16.8. The highest BCUT2D eigenvalue weighted by atomic mass is 16.4. The molecule has 28 heavy (non-hydrogen) atoms. The molecule has 9 heteroatoms.